The monoisotopic (exact) mass is 359 g/mol. The fraction of sp³-hybridized carbons (Fsp3) is 0.941. The summed E-state index contributed by atoms with van der Waals surface area (Å²) >= 11 is 0. The number of sulfonamides is 1. The molecule has 6 nitrogen and oxygen atoms in total. The van der Waals surface area contributed by atoms with Gasteiger partial charge in [0.15, 0.2) is 0 Å². The summed E-state index contributed by atoms with van der Waals surface area (Å²) in [7, 11) is -3.14. The standard InChI is InChI=1S/C17H33N3O3S/c1-3-5-13-24(22,23)19-11-7-15(8-12-19)17(21)20(10-4-2)16-6-9-18-14-16/h15-16,18H,3-14H2,1-2H3. The van der Waals surface area contributed by atoms with Gasteiger partial charge in [0.05, 0.1) is 5.75 Å². The Bertz CT molecular complexity index is 495. The van der Waals surface area contributed by atoms with Gasteiger partial charge in [-0.15, -0.1) is 0 Å². The Kier molecular flexibility index (Phi) is 7.50. The van der Waals surface area contributed by atoms with Gasteiger partial charge >= 0.3 is 0 Å². The maximum absolute atomic E-state index is 12.9. The van der Waals surface area contributed by atoms with Crippen LogP contribution in [0.4, 0.5) is 0 Å². The van der Waals surface area contributed by atoms with Crippen molar-refractivity contribution in [2.45, 2.75) is 58.4 Å². The molecule has 0 radical (unpaired) electrons. The van der Waals surface area contributed by atoms with Crippen LogP contribution in [0, 0.1) is 5.92 Å². The van der Waals surface area contributed by atoms with Crippen LogP contribution < -0.4 is 5.32 Å². The number of carbonyl (C=O) groups excluding carboxylic acids is 1. The number of piperidine rings is 1. The summed E-state index contributed by atoms with van der Waals surface area (Å²) in [6.07, 6.45) is 4.90. The number of nitrogens with zero attached hydrogens (tertiary/aromatic N) is 2. The van der Waals surface area contributed by atoms with E-state index >= 15 is 0 Å². The van der Waals surface area contributed by atoms with Crippen molar-refractivity contribution in [3.8, 4) is 0 Å². The molecule has 1 N–H and O–H groups in total. The van der Waals surface area contributed by atoms with E-state index in [4.69, 9.17) is 0 Å². The van der Waals surface area contributed by atoms with Crippen LogP contribution in [-0.4, -0.2) is 68.0 Å². The zero-order chi connectivity index (χ0) is 17.6. The highest BCUT2D eigenvalue weighted by molar-refractivity contribution is 7.89. The largest absolute Gasteiger partial charge is 0.338 e. The molecule has 0 aromatic carbocycles. The molecule has 24 heavy (non-hydrogen) atoms. The molecule has 0 aliphatic carbocycles. The Morgan fingerprint density at radius 1 is 1.17 bits per heavy atom. The SMILES string of the molecule is CCCCS(=O)(=O)N1CCC(C(=O)N(CCC)C2CCNC2)CC1. The highest BCUT2D eigenvalue weighted by Crippen LogP contribution is 2.24. The van der Waals surface area contributed by atoms with E-state index in [-0.39, 0.29) is 17.6 Å². The average Bonchev–Trinajstić information content (AvgIpc) is 3.11. The van der Waals surface area contributed by atoms with Crippen LogP contribution in [0.1, 0.15) is 52.4 Å². The second kappa shape index (κ2) is 9.15. The number of unbranched alkanes of at least 4 members (excludes halogenated alkanes) is 1. The van der Waals surface area contributed by atoms with E-state index in [1.54, 1.807) is 4.31 Å². The summed E-state index contributed by atoms with van der Waals surface area (Å²) in [6.45, 7) is 7.76. The zero-order valence-electron chi connectivity index (χ0n) is 15.2. The molecular formula is C17H33N3O3S. The van der Waals surface area contributed by atoms with E-state index in [0.29, 0.717) is 38.4 Å². The third-order valence-electron chi connectivity index (χ3n) is 5.18. The third-order valence-corrected chi connectivity index (χ3v) is 7.13. The molecule has 1 unspecified atom stereocenters. The Labute approximate surface area is 147 Å². The quantitative estimate of drug-likeness (QED) is 0.712. The lowest BCUT2D eigenvalue weighted by molar-refractivity contribution is -0.138. The molecule has 2 aliphatic rings. The number of amides is 1. The normalized spacial score (nSPS) is 23.5. The van der Waals surface area contributed by atoms with Crippen molar-refractivity contribution in [1.29, 1.82) is 0 Å². The van der Waals surface area contributed by atoms with Crippen molar-refractivity contribution in [2.75, 3.05) is 38.5 Å². The van der Waals surface area contributed by atoms with Gasteiger partial charge < -0.3 is 10.2 Å². The fourth-order valence-electron chi connectivity index (χ4n) is 3.69. The molecule has 1 amide bonds. The van der Waals surface area contributed by atoms with Gasteiger partial charge in [-0.1, -0.05) is 20.3 Å². The molecule has 2 fully saturated rings. The molecule has 2 rings (SSSR count). The second-order valence-corrected chi connectivity index (χ2v) is 9.11. The molecule has 0 spiro atoms. The van der Waals surface area contributed by atoms with E-state index in [9.17, 15) is 13.2 Å². The van der Waals surface area contributed by atoms with Crippen LogP contribution in [-0.2, 0) is 14.8 Å². The molecule has 0 aromatic heterocycles. The zero-order valence-corrected chi connectivity index (χ0v) is 16.0. The highest BCUT2D eigenvalue weighted by atomic mass is 32.2. The van der Waals surface area contributed by atoms with E-state index in [2.05, 4.69) is 12.2 Å². The molecule has 2 saturated heterocycles. The molecule has 2 heterocycles. The first-order chi connectivity index (χ1) is 11.5. The van der Waals surface area contributed by atoms with Crippen LogP contribution in [0.2, 0.25) is 0 Å². The smallest absolute Gasteiger partial charge is 0.226 e. The minimum Gasteiger partial charge on any atom is -0.338 e. The molecule has 0 saturated carbocycles. The van der Waals surface area contributed by atoms with Gasteiger partial charge in [0.25, 0.3) is 0 Å². The van der Waals surface area contributed by atoms with Crippen LogP contribution in [0.5, 0.6) is 0 Å². The van der Waals surface area contributed by atoms with Crippen LogP contribution in [0.15, 0.2) is 0 Å². The number of nitrogens with one attached hydrogen (secondary N) is 1. The van der Waals surface area contributed by atoms with Gasteiger partial charge in [-0.2, -0.15) is 0 Å². The summed E-state index contributed by atoms with van der Waals surface area (Å²) in [4.78, 5) is 15.0. The second-order valence-electron chi connectivity index (χ2n) is 7.02. The van der Waals surface area contributed by atoms with E-state index in [0.717, 1.165) is 38.9 Å². The van der Waals surface area contributed by atoms with E-state index in [1.165, 1.54) is 0 Å². The van der Waals surface area contributed by atoms with E-state index < -0.39 is 10.0 Å². The Balaban J connectivity index is 1.91. The summed E-state index contributed by atoms with van der Waals surface area (Å²) in [5.41, 5.74) is 0. The van der Waals surface area contributed by atoms with Crippen LogP contribution in [0.3, 0.4) is 0 Å². The lowest BCUT2D eigenvalue weighted by Gasteiger charge is -2.36. The average molecular weight is 360 g/mol. The number of rotatable bonds is 8. The maximum Gasteiger partial charge on any atom is 0.226 e. The molecule has 0 aromatic rings. The van der Waals surface area contributed by atoms with Crippen molar-refractivity contribution >= 4 is 15.9 Å². The lowest BCUT2D eigenvalue weighted by Crippen LogP contribution is -2.48. The molecule has 7 heteroatoms. The maximum atomic E-state index is 12.9. The Hall–Kier alpha value is -0.660. The molecule has 140 valence electrons. The van der Waals surface area contributed by atoms with Gasteiger partial charge in [0.2, 0.25) is 15.9 Å². The van der Waals surface area contributed by atoms with Crippen molar-refractivity contribution < 1.29 is 13.2 Å². The van der Waals surface area contributed by atoms with Crippen molar-refractivity contribution in [2.24, 2.45) is 5.92 Å². The summed E-state index contributed by atoms with van der Waals surface area (Å²) < 4.78 is 26.2. The molecule has 2 aliphatic heterocycles. The van der Waals surface area contributed by atoms with Gasteiger partial charge in [-0.25, -0.2) is 12.7 Å². The first kappa shape index (κ1) is 19.7. The van der Waals surface area contributed by atoms with Crippen molar-refractivity contribution in [3.63, 3.8) is 0 Å². The minimum atomic E-state index is -3.14. The predicted octanol–water partition coefficient (Wildman–Crippen LogP) is 1.43. The molecular weight excluding hydrogens is 326 g/mol. The van der Waals surface area contributed by atoms with Gasteiger partial charge in [-0.05, 0) is 38.6 Å². The summed E-state index contributed by atoms with van der Waals surface area (Å²) in [5, 5.41) is 3.33. The fourth-order valence-corrected chi connectivity index (χ4v) is 5.37. The van der Waals surface area contributed by atoms with Crippen LogP contribution >= 0.6 is 0 Å². The topological polar surface area (TPSA) is 69.7 Å². The van der Waals surface area contributed by atoms with Crippen LogP contribution in [0.25, 0.3) is 0 Å². The van der Waals surface area contributed by atoms with Crippen molar-refractivity contribution in [3.05, 3.63) is 0 Å². The van der Waals surface area contributed by atoms with Crippen molar-refractivity contribution in [1.82, 2.24) is 14.5 Å². The number of carbonyl (C=O) groups is 1. The first-order valence-corrected chi connectivity index (χ1v) is 11.1. The summed E-state index contributed by atoms with van der Waals surface area (Å²) in [6, 6.07) is 0.309. The Morgan fingerprint density at radius 2 is 1.88 bits per heavy atom. The molecule has 1 atom stereocenters. The number of hydrogen-bond acceptors (Lipinski definition) is 4. The van der Waals surface area contributed by atoms with Gasteiger partial charge in [0.1, 0.15) is 0 Å². The molecule has 0 bridgehead atoms. The predicted molar refractivity (Wildman–Crippen MR) is 96.3 cm³/mol. The minimum absolute atomic E-state index is 0.0187. The van der Waals surface area contributed by atoms with E-state index in [1.807, 2.05) is 11.8 Å². The van der Waals surface area contributed by atoms with Gasteiger partial charge in [0, 0.05) is 38.1 Å². The summed E-state index contributed by atoms with van der Waals surface area (Å²) in [5.74, 6) is 0.448. The third kappa shape index (κ3) is 4.92. The Morgan fingerprint density at radius 3 is 2.42 bits per heavy atom. The highest BCUT2D eigenvalue weighted by Gasteiger charge is 2.35. The van der Waals surface area contributed by atoms with Gasteiger partial charge in [-0.3, -0.25) is 4.79 Å². The first-order valence-electron chi connectivity index (χ1n) is 9.48. The lowest BCUT2D eigenvalue weighted by atomic mass is 9.95. The number of hydrogen-bond donors (Lipinski definition) is 1.